The van der Waals surface area contributed by atoms with Gasteiger partial charge in [0.05, 0.1) is 0 Å². The second-order valence-corrected chi connectivity index (χ2v) is 3.14. The molecule has 0 aliphatic heterocycles. The molecule has 0 unspecified atom stereocenters. The van der Waals surface area contributed by atoms with E-state index >= 15 is 0 Å². The van der Waals surface area contributed by atoms with Crippen molar-refractivity contribution < 1.29 is 4.74 Å². The van der Waals surface area contributed by atoms with Crippen LogP contribution in [0.3, 0.4) is 0 Å². The standard InChI is InChI=1S/C11H10N2O2/c1-8-3-2-4-9(7-8)15-11-10(14)12-5-6-13-11/h2-7H,1H3,(H,12,14). The SMILES string of the molecule is Cc1cccc(Oc2ncc[nH]c2=O)c1. The molecule has 0 spiro atoms. The van der Waals surface area contributed by atoms with Gasteiger partial charge in [-0.05, 0) is 24.6 Å². The highest BCUT2D eigenvalue weighted by Gasteiger charge is 2.02. The average molecular weight is 202 g/mol. The van der Waals surface area contributed by atoms with Crippen molar-refractivity contribution in [1.82, 2.24) is 9.97 Å². The fourth-order valence-corrected chi connectivity index (χ4v) is 1.20. The lowest BCUT2D eigenvalue weighted by Gasteiger charge is -2.03. The highest BCUT2D eigenvalue weighted by Crippen LogP contribution is 2.16. The zero-order valence-electron chi connectivity index (χ0n) is 8.23. The predicted molar refractivity (Wildman–Crippen MR) is 56.1 cm³/mol. The van der Waals surface area contributed by atoms with Crippen LogP contribution in [0.1, 0.15) is 5.56 Å². The van der Waals surface area contributed by atoms with Gasteiger partial charge in [0.2, 0.25) is 0 Å². The van der Waals surface area contributed by atoms with E-state index in [9.17, 15) is 4.79 Å². The van der Waals surface area contributed by atoms with Crippen molar-refractivity contribution >= 4 is 0 Å². The topological polar surface area (TPSA) is 55.0 Å². The van der Waals surface area contributed by atoms with Gasteiger partial charge in [-0.3, -0.25) is 4.79 Å². The molecule has 0 saturated heterocycles. The third-order valence-corrected chi connectivity index (χ3v) is 1.88. The normalized spacial score (nSPS) is 9.93. The summed E-state index contributed by atoms with van der Waals surface area (Å²) in [5.41, 5.74) is 0.735. The Morgan fingerprint density at radius 2 is 2.27 bits per heavy atom. The van der Waals surface area contributed by atoms with Crippen molar-refractivity contribution in [2.24, 2.45) is 0 Å². The van der Waals surface area contributed by atoms with Crippen LogP contribution in [0.25, 0.3) is 0 Å². The van der Waals surface area contributed by atoms with Crippen molar-refractivity contribution in [2.75, 3.05) is 0 Å². The molecule has 2 aromatic rings. The van der Waals surface area contributed by atoms with Crippen LogP contribution in [0.15, 0.2) is 41.5 Å². The Morgan fingerprint density at radius 1 is 1.40 bits per heavy atom. The molecule has 0 saturated carbocycles. The Kier molecular flexibility index (Phi) is 2.49. The summed E-state index contributed by atoms with van der Waals surface area (Å²) in [6.07, 6.45) is 2.94. The number of rotatable bonds is 2. The quantitative estimate of drug-likeness (QED) is 0.808. The Morgan fingerprint density at radius 3 is 3.00 bits per heavy atom. The van der Waals surface area contributed by atoms with Crippen LogP contribution in [-0.4, -0.2) is 9.97 Å². The van der Waals surface area contributed by atoms with Gasteiger partial charge >= 0.3 is 5.56 Å². The first kappa shape index (κ1) is 9.45. The van der Waals surface area contributed by atoms with Crippen LogP contribution in [0.2, 0.25) is 0 Å². The maximum atomic E-state index is 11.3. The third-order valence-electron chi connectivity index (χ3n) is 1.88. The van der Waals surface area contributed by atoms with Crippen molar-refractivity contribution in [2.45, 2.75) is 6.92 Å². The maximum absolute atomic E-state index is 11.3. The summed E-state index contributed by atoms with van der Waals surface area (Å²) >= 11 is 0. The van der Waals surface area contributed by atoms with Gasteiger partial charge in [0.25, 0.3) is 5.88 Å². The van der Waals surface area contributed by atoms with E-state index in [2.05, 4.69) is 9.97 Å². The minimum Gasteiger partial charge on any atom is -0.435 e. The number of benzene rings is 1. The van der Waals surface area contributed by atoms with Gasteiger partial charge in [-0.2, -0.15) is 0 Å². The number of nitrogens with one attached hydrogen (secondary N) is 1. The van der Waals surface area contributed by atoms with Gasteiger partial charge in [0.1, 0.15) is 5.75 Å². The molecular formula is C11H10N2O2. The summed E-state index contributed by atoms with van der Waals surface area (Å²) in [7, 11) is 0. The van der Waals surface area contributed by atoms with Gasteiger partial charge in [-0.15, -0.1) is 0 Å². The molecule has 1 aromatic carbocycles. The summed E-state index contributed by atoms with van der Waals surface area (Å²) in [5, 5.41) is 0. The minimum atomic E-state index is -0.334. The van der Waals surface area contributed by atoms with E-state index in [1.807, 2.05) is 25.1 Å². The molecule has 1 aromatic heterocycles. The largest absolute Gasteiger partial charge is 0.435 e. The van der Waals surface area contributed by atoms with E-state index in [1.165, 1.54) is 12.4 Å². The van der Waals surface area contributed by atoms with E-state index in [0.29, 0.717) is 5.75 Å². The molecule has 76 valence electrons. The second kappa shape index (κ2) is 3.96. The molecular weight excluding hydrogens is 192 g/mol. The Hall–Kier alpha value is -2.10. The molecule has 0 aliphatic carbocycles. The first-order valence-electron chi connectivity index (χ1n) is 4.54. The zero-order valence-corrected chi connectivity index (χ0v) is 8.23. The molecule has 1 heterocycles. The number of nitrogens with zero attached hydrogens (tertiary/aromatic N) is 1. The Labute approximate surface area is 86.6 Å². The lowest BCUT2D eigenvalue weighted by Crippen LogP contribution is -2.09. The number of hydrogen-bond donors (Lipinski definition) is 1. The predicted octanol–water partition coefficient (Wildman–Crippen LogP) is 1.87. The van der Waals surface area contributed by atoms with E-state index in [0.717, 1.165) is 5.56 Å². The number of aryl methyl sites for hydroxylation is 1. The zero-order chi connectivity index (χ0) is 10.7. The molecule has 2 rings (SSSR count). The van der Waals surface area contributed by atoms with E-state index in [1.54, 1.807) is 6.07 Å². The third kappa shape index (κ3) is 2.22. The van der Waals surface area contributed by atoms with Crippen LogP contribution in [0.4, 0.5) is 0 Å². The monoisotopic (exact) mass is 202 g/mol. The van der Waals surface area contributed by atoms with Gasteiger partial charge in [0, 0.05) is 12.4 Å². The van der Waals surface area contributed by atoms with Crippen molar-refractivity contribution in [1.29, 1.82) is 0 Å². The summed E-state index contributed by atoms with van der Waals surface area (Å²) in [5.74, 6) is 0.669. The number of H-pyrrole nitrogens is 1. The molecule has 4 nitrogen and oxygen atoms in total. The highest BCUT2D eigenvalue weighted by molar-refractivity contribution is 5.30. The highest BCUT2D eigenvalue weighted by atomic mass is 16.5. The number of aromatic amines is 1. The molecule has 0 bridgehead atoms. The smallest absolute Gasteiger partial charge is 0.311 e. The molecule has 0 radical (unpaired) electrons. The van der Waals surface area contributed by atoms with Crippen LogP contribution < -0.4 is 10.3 Å². The summed E-state index contributed by atoms with van der Waals surface area (Å²) in [6, 6.07) is 7.44. The molecule has 1 N–H and O–H groups in total. The molecule has 4 heteroatoms. The van der Waals surface area contributed by atoms with E-state index < -0.39 is 0 Å². The fraction of sp³-hybridized carbons (Fsp3) is 0.0909. The lowest BCUT2D eigenvalue weighted by atomic mass is 10.2. The average Bonchev–Trinajstić information content (AvgIpc) is 2.22. The van der Waals surface area contributed by atoms with Crippen molar-refractivity contribution in [3.05, 3.63) is 52.6 Å². The summed E-state index contributed by atoms with van der Waals surface area (Å²) in [4.78, 5) is 17.6. The van der Waals surface area contributed by atoms with Crippen LogP contribution in [0.5, 0.6) is 11.6 Å². The molecule has 0 amide bonds. The lowest BCUT2D eigenvalue weighted by molar-refractivity contribution is 0.454. The second-order valence-electron chi connectivity index (χ2n) is 3.14. The number of aromatic nitrogens is 2. The van der Waals surface area contributed by atoms with Crippen molar-refractivity contribution in [3.63, 3.8) is 0 Å². The van der Waals surface area contributed by atoms with Gasteiger partial charge in [0.15, 0.2) is 0 Å². The first-order chi connectivity index (χ1) is 7.25. The summed E-state index contributed by atoms with van der Waals surface area (Å²) < 4.78 is 5.34. The van der Waals surface area contributed by atoms with Gasteiger partial charge in [-0.25, -0.2) is 4.98 Å². The molecule has 0 atom stereocenters. The number of ether oxygens (including phenoxy) is 1. The minimum absolute atomic E-state index is 0.0584. The number of hydrogen-bond acceptors (Lipinski definition) is 3. The van der Waals surface area contributed by atoms with Crippen LogP contribution >= 0.6 is 0 Å². The van der Waals surface area contributed by atoms with Crippen LogP contribution in [0, 0.1) is 6.92 Å². The maximum Gasteiger partial charge on any atom is 0.311 e. The van der Waals surface area contributed by atoms with Crippen LogP contribution in [-0.2, 0) is 0 Å². The summed E-state index contributed by atoms with van der Waals surface area (Å²) in [6.45, 7) is 1.95. The van der Waals surface area contributed by atoms with Gasteiger partial charge in [-0.1, -0.05) is 12.1 Å². The van der Waals surface area contributed by atoms with E-state index in [4.69, 9.17) is 4.74 Å². The first-order valence-corrected chi connectivity index (χ1v) is 4.54. The fourth-order valence-electron chi connectivity index (χ4n) is 1.20. The molecule has 15 heavy (non-hydrogen) atoms. The van der Waals surface area contributed by atoms with Crippen molar-refractivity contribution in [3.8, 4) is 11.6 Å². The van der Waals surface area contributed by atoms with Gasteiger partial charge < -0.3 is 9.72 Å². The van der Waals surface area contributed by atoms with E-state index in [-0.39, 0.29) is 11.4 Å². The Balaban J connectivity index is 2.30. The molecule has 0 aliphatic rings. The molecule has 0 fully saturated rings. The Bertz CT molecular complexity index is 520.